The van der Waals surface area contributed by atoms with E-state index in [-0.39, 0.29) is 0 Å². The lowest BCUT2D eigenvalue weighted by atomic mass is 10.5. The van der Waals surface area contributed by atoms with Crippen LogP contribution in [0.4, 0.5) is 0 Å². The Kier molecular flexibility index (Phi) is 1.19. The smallest absolute Gasteiger partial charge is 0.186 e. The van der Waals surface area contributed by atoms with Crippen LogP contribution in [0.2, 0.25) is 0 Å². The van der Waals surface area contributed by atoms with Crippen molar-refractivity contribution < 1.29 is 0 Å². The van der Waals surface area contributed by atoms with Crippen LogP contribution >= 0.6 is 11.8 Å². The first-order valence-electron chi connectivity index (χ1n) is 2.97. The van der Waals surface area contributed by atoms with E-state index in [2.05, 4.69) is 10.1 Å². The molecule has 0 unspecified atom stereocenters. The van der Waals surface area contributed by atoms with Crippen LogP contribution in [0.5, 0.6) is 0 Å². The number of hydrogen-bond acceptors (Lipinski definition) is 3. The second kappa shape index (κ2) is 2.02. The Morgan fingerprint density at radius 1 is 1.67 bits per heavy atom. The fraction of sp³-hybridized carbons (Fsp3) is 0.600. The molecule has 0 N–H and O–H groups in total. The predicted molar refractivity (Wildman–Crippen MR) is 35.4 cm³/mol. The van der Waals surface area contributed by atoms with Gasteiger partial charge < -0.3 is 0 Å². The first kappa shape index (κ1) is 5.29. The lowest BCUT2D eigenvalue weighted by Crippen LogP contribution is -2.07. The molecule has 0 amide bonds. The van der Waals surface area contributed by atoms with Gasteiger partial charge in [-0.25, -0.2) is 9.67 Å². The minimum Gasteiger partial charge on any atom is -0.241 e. The molecule has 0 saturated carbocycles. The highest BCUT2D eigenvalue weighted by atomic mass is 32.2. The standard InChI is InChI=1S/C5H7N3S/c1-2-8-5(9-3-1)6-4-7-8/h4H,1-3H2. The Labute approximate surface area is 57.5 Å². The summed E-state index contributed by atoms with van der Waals surface area (Å²) in [6.45, 7) is 1.04. The maximum atomic E-state index is 4.07. The molecule has 2 rings (SSSR count). The molecular formula is C5H7N3S. The van der Waals surface area contributed by atoms with Gasteiger partial charge in [0.25, 0.3) is 0 Å². The second-order valence-corrected chi connectivity index (χ2v) is 3.03. The van der Waals surface area contributed by atoms with Crippen molar-refractivity contribution in [3.05, 3.63) is 6.33 Å². The fourth-order valence-electron chi connectivity index (χ4n) is 0.897. The van der Waals surface area contributed by atoms with Gasteiger partial charge in [-0.3, -0.25) is 0 Å². The third-order valence-electron chi connectivity index (χ3n) is 1.33. The molecule has 1 aliphatic rings. The Bertz CT molecular complexity index is 187. The average molecular weight is 141 g/mol. The van der Waals surface area contributed by atoms with Gasteiger partial charge in [0.2, 0.25) is 0 Å². The van der Waals surface area contributed by atoms with E-state index in [4.69, 9.17) is 0 Å². The normalized spacial score (nSPS) is 17.3. The van der Waals surface area contributed by atoms with Crippen LogP contribution in [0.25, 0.3) is 0 Å². The molecule has 0 radical (unpaired) electrons. The molecule has 9 heavy (non-hydrogen) atoms. The Morgan fingerprint density at radius 2 is 2.67 bits per heavy atom. The predicted octanol–water partition coefficient (Wildman–Crippen LogP) is 0.774. The highest BCUT2D eigenvalue weighted by molar-refractivity contribution is 7.99. The van der Waals surface area contributed by atoms with Crippen LogP contribution in [0, 0.1) is 0 Å². The molecule has 0 bridgehead atoms. The zero-order chi connectivity index (χ0) is 6.10. The average Bonchev–Trinajstić information content (AvgIpc) is 2.33. The minimum absolute atomic E-state index is 1.04. The van der Waals surface area contributed by atoms with Crippen molar-refractivity contribution in [2.75, 3.05) is 5.75 Å². The summed E-state index contributed by atoms with van der Waals surface area (Å²) in [4.78, 5) is 4.07. The molecule has 0 saturated heterocycles. The van der Waals surface area contributed by atoms with Crippen LogP contribution in [-0.2, 0) is 6.54 Å². The largest absolute Gasteiger partial charge is 0.241 e. The number of aromatic nitrogens is 3. The summed E-state index contributed by atoms with van der Waals surface area (Å²) in [7, 11) is 0. The fourth-order valence-corrected chi connectivity index (χ4v) is 1.76. The summed E-state index contributed by atoms with van der Waals surface area (Å²) < 4.78 is 1.95. The van der Waals surface area contributed by atoms with Gasteiger partial charge in [0.05, 0.1) is 0 Å². The summed E-state index contributed by atoms with van der Waals surface area (Å²) in [5, 5.41) is 5.11. The van der Waals surface area contributed by atoms with E-state index >= 15 is 0 Å². The van der Waals surface area contributed by atoms with Gasteiger partial charge in [-0.05, 0) is 6.42 Å². The molecule has 2 heterocycles. The number of thioether (sulfide) groups is 1. The molecule has 4 heteroatoms. The Balaban J connectivity index is 2.39. The molecule has 0 aliphatic carbocycles. The van der Waals surface area contributed by atoms with Crippen molar-refractivity contribution in [2.24, 2.45) is 0 Å². The zero-order valence-electron chi connectivity index (χ0n) is 4.95. The van der Waals surface area contributed by atoms with Gasteiger partial charge in [0.1, 0.15) is 6.33 Å². The van der Waals surface area contributed by atoms with E-state index in [1.165, 1.54) is 12.2 Å². The Hall–Kier alpha value is -0.510. The van der Waals surface area contributed by atoms with E-state index in [9.17, 15) is 0 Å². The van der Waals surface area contributed by atoms with Gasteiger partial charge in [0, 0.05) is 12.3 Å². The molecule has 48 valence electrons. The molecular weight excluding hydrogens is 134 g/mol. The van der Waals surface area contributed by atoms with E-state index in [1.807, 2.05) is 4.68 Å². The van der Waals surface area contributed by atoms with Crippen LogP contribution in [0.3, 0.4) is 0 Å². The summed E-state index contributed by atoms with van der Waals surface area (Å²) in [5.41, 5.74) is 0. The number of hydrogen-bond donors (Lipinski definition) is 0. The SMILES string of the molecule is c1nc2n(n1)CCCS2. The number of rotatable bonds is 0. The van der Waals surface area contributed by atoms with Crippen molar-refractivity contribution in [1.29, 1.82) is 0 Å². The zero-order valence-corrected chi connectivity index (χ0v) is 5.77. The van der Waals surface area contributed by atoms with E-state index < -0.39 is 0 Å². The van der Waals surface area contributed by atoms with Gasteiger partial charge in [0.15, 0.2) is 5.16 Å². The van der Waals surface area contributed by atoms with Gasteiger partial charge in [-0.1, -0.05) is 11.8 Å². The monoisotopic (exact) mass is 141 g/mol. The number of aryl methyl sites for hydroxylation is 1. The third kappa shape index (κ3) is 0.830. The molecule has 0 fully saturated rings. The molecule has 0 spiro atoms. The van der Waals surface area contributed by atoms with Gasteiger partial charge in [-0.2, -0.15) is 5.10 Å². The molecule has 1 aliphatic heterocycles. The van der Waals surface area contributed by atoms with E-state index in [0.29, 0.717) is 0 Å². The highest BCUT2D eigenvalue weighted by Gasteiger charge is 2.08. The molecule has 3 nitrogen and oxygen atoms in total. The molecule has 0 aromatic carbocycles. The minimum atomic E-state index is 1.04. The van der Waals surface area contributed by atoms with Crippen LogP contribution in [0.1, 0.15) is 6.42 Å². The lowest BCUT2D eigenvalue weighted by molar-refractivity contribution is 0.539. The lowest BCUT2D eigenvalue weighted by Gasteiger charge is -2.09. The second-order valence-electron chi connectivity index (χ2n) is 1.97. The van der Waals surface area contributed by atoms with Crippen LogP contribution in [0.15, 0.2) is 11.5 Å². The maximum Gasteiger partial charge on any atom is 0.186 e. The topological polar surface area (TPSA) is 30.7 Å². The number of nitrogens with zero attached hydrogens (tertiary/aromatic N) is 3. The van der Waals surface area contributed by atoms with E-state index in [0.717, 1.165) is 11.7 Å². The van der Waals surface area contributed by atoms with Crippen molar-refractivity contribution >= 4 is 11.8 Å². The molecule has 0 atom stereocenters. The maximum absolute atomic E-state index is 4.07. The van der Waals surface area contributed by atoms with Crippen LogP contribution in [-0.4, -0.2) is 20.5 Å². The van der Waals surface area contributed by atoms with Crippen LogP contribution < -0.4 is 0 Å². The third-order valence-corrected chi connectivity index (χ3v) is 2.39. The summed E-state index contributed by atoms with van der Waals surface area (Å²) in [6.07, 6.45) is 2.84. The van der Waals surface area contributed by atoms with E-state index in [1.54, 1.807) is 18.1 Å². The summed E-state index contributed by atoms with van der Waals surface area (Å²) in [5.74, 6) is 1.19. The van der Waals surface area contributed by atoms with Crippen molar-refractivity contribution in [1.82, 2.24) is 14.8 Å². The van der Waals surface area contributed by atoms with Crippen molar-refractivity contribution in [3.63, 3.8) is 0 Å². The summed E-state index contributed by atoms with van der Waals surface area (Å²) >= 11 is 1.78. The van der Waals surface area contributed by atoms with Gasteiger partial charge in [-0.15, -0.1) is 0 Å². The first-order chi connectivity index (χ1) is 4.47. The van der Waals surface area contributed by atoms with Gasteiger partial charge >= 0.3 is 0 Å². The quantitative estimate of drug-likeness (QED) is 0.534. The van der Waals surface area contributed by atoms with Crippen molar-refractivity contribution in [2.45, 2.75) is 18.1 Å². The van der Waals surface area contributed by atoms with Crippen molar-refractivity contribution in [3.8, 4) is 0 Å². The first-order valence-corrected chi connectivity index (χ1v) is 3.96. The Morgan fingerprint density at radius 3 is 3.56 bits per heavy atom. The molecule has 1 aromatic rings. The number of fused-ring (bicyclic) bond motifs is 1. The summed E-state index contributed by atoms with van der Waals surface area (Å²) in [6, 6.07) is 0. The highest BCUT2D eigenvalue weighted by Crippen LogP contribution is 2.20. The molecule has 1 aromatic heterocycles.